The van der Waals surface area contributed by atoms with Crippen molar-refractivity contribution < 1.29 is 19.0 Å². The van der Waals surface area contributed by atoms with Gasteiger partial charge in [0.15, 0.2) is 5.76 Å². The Kier molecular flexibility index (Phi) is 4.94. The molecule has 0 bridgehead atoms. The molecular formula is C22H22FNO3. The van der Waals surface area contributed by atoms with Crippen molar-refractivity contribution in [3.63, 3.8) is 0 Å². The van der Waals surface area contributed by atoms with E-state index in [0.29, 0.717) is 29.0 Å². The Morgan fingerprint density at radius 1 is 1.07 bits per heavy atom. The highest BCUT2D eigenvalue weighted by molar-refractivity contribution is 6.15. The van der Waals surface area contributed by atoms with Gasteiger partial charge in [0.25, 0.3) is 0 Å². The minimum absolute atomic E-state index is 0.0813. The Balaban J connectivity index is 1.65. The lowest BCUT2D eigenvalue weighted by Crippen LogP contribution is -2.24. The number of phenols is 1. The molecule has 1 N–H and O–H groups in total. The van der Waals surface area contributed by atoms with Gasteiger partial charge in [-0.2, -0.15) is 0 Å². The molecular weight excluding hydrogens is 345 g/mol. The number of Topliss-reactive ketones (excluding diaryl/α,β-unsaturated/α-hetero) is 1. The average molecular weight is 367 g/mol. The number of hydrogen-bond acceptors (Lipinski definition) is 4. The molecule has 2 aliphatic heterocycles. The van der Waals surface area contributed by atoms with Crippen molar-refractivity contribution in [2.24, 2.45) is 0 Å². The summed E-state index contributed by atoms with van der Waals surface area (Å²) in [7, 11) is 0. The Morgan fingerprint density at radius 3 is 2.56 bits per heavy atom. The number of fused-ring (bicyclic) bond motifs is 1. The molecule has 140 valence electrons. The van der Waals surface area contributed by atoms with E-state index in [1.54, 1.807) is 30.3 Å². The number of allylic oxidation sites excluding steroid dienone is 1. The first-order chi connectivity index (χ1) is 13.1. The molecule has 4 nitrogen and oxygen atoms in total. The monoisotopic (exact) mass is 367 g/mol. The van der Waals surface area contributed by atoms with E-state index >= 15 is 0 Å². The highest BCUT2D eigenvalue weighted by Gasteiger charge is 2.32. The van der Waals surface area contributed by atoms with Crippen LogP contribution in [0.5, 0.6) is 11.5 Å². The molecule has 2 heterocycles. The SMILES string of the molecule is O=C1/C(=C/c2ccccc2F)Oc2c1ccc(O)c2CN1CCCCCC1. The van der Waals surface area contributed by atoms with Crippen molar-refractivity contribution in [3.05, 3.63) is 64.7 Å². The van der Waals surface area contributed by atoms with Crippen molar-refractivity contribution in [2.45, 2.75) is 32.2 Å². The smallest absolute Gasteiger partial charge is 0.231 e. The lowest BCUT2D eigenvalue weighted by molar-refractivity contribution is 0.101. The van der Waals surface area contributed by atoms with Crippen LogP contribution in [0, 0.1) is 5.82 Å². The van der Waals surface area contributed by atoms with Gasteiger partial charge in [0, 0.05) is 12.1 Å². The second kappa shape index (κ2) is 7.53. The maximum atomic E-state index is 13.9. The van der Waals surface area contributed by atoms with Gasteiger partial charge in [-0.25, -0.2) is 4.39 Å². The standard InChI is InChI=1S/C22H22FNO3/c23-18-8-4-3-7-15(18)13-20-21(26)16-9-10-19(25)17(22(16)27-20)14-24-11-5-1-2-6-12-24/h3-4,7-10,13,25H,1-2,5-6,11-12,14H2/b20-13-. The minimum atomic E-state index is -0.412. The molecule has 0 atom stereocenters. The van der Waals surface area contributed by atoms with Gasteiger partial charge in [-0.1, -0.05) is 31.0 Å². The fraction of sp³-hybridized carbons (Fsp3) is 0.318. The van der Waals surface area contributed by atoms with Crippen LogP contribution in [-0.4, -0.2) is 28.9 Å². The number of hydrogen-bond donors (Lipinski definition) is 1. The van der Waals surface area contributed by atoms with Crippen LogP contribution in [0.4, 0.5) is 4.39 Å². The number of phenolic OH excluding ortho intramolecular Hbond substituents is 1. The fourth-order valence-electron chi connectivity index (χ4n) is 3.70. The molecule has 0 radical (unpaired) electrons. The quantitative estimate of drug-likeness (QED) is 0.810. The third-order valence-corrected chi connectivity index (χ3v) is 5.19. The molecule has 4 rings (SSSR count). The van der Waals surface area contributed by atoms with Crippen LogP contribution in [0.15, 0.2) is 42.2 Å². The van der Waals surface area contributed by atoms with Crippen LogP contribution in [0.2, 0.25) is 0 Å². The van der Waals surface area contributed by atoms with Crippen molar-refractivity contribution in [1.82, 2.24) is 4.90 Å². The zero-order valence-corrected chi connectivity index (χ0v) is 15.1. The first kappa shape index (κ1) is 17.7. The van der Waals surface area contributed by atoms with Gasteiger partial charge in [0.05, 0.1) is 11.1 Å². The molecule has 5 heteroatoms. The molecule has 2 aliphatic rings. The lowest BCUT2D eigenvalue weighted by Gasteiger charge is -2.21. The Bertz CT molecular complexity index is 898. The maximum Gasteiger partial charge on any atom is 0.231 e. The molecule has 2 aromatic rings. The van der Waals surface area contributed by atoms with Gasteiger partial charge in [0.2, 0.25) is 5.78 Å². The molecule has 0 amide bonds. The number of rotatable bonds is 3. The van der Waals surface area contributed by atoms with Crippen molar-refractivity contribution in [2.75, 3.05) is 13.1 Å². The van der Waals surface area contributed by atoms with Gasteiger partial charge < -0.3 is 9.84 Å². The first-order valence-electron chi connectivity index (χ1n) is 9.39. The highest BCUT2D eigenvalue weighted by Crippen LogP contribution is 2.40. The van der Waals surface area contributed by atoms with Gasteiger partial charge >= 0.3 is 0 Å². The number of likely N-dealkylation sites (tertiary alicyclic amines) is 1. The largest absolute Gasteiger partial charge is 0.507 e. The van der Waals surface area contributed by atoms with E-state index in [-0.39, 0.29) is 17.3 Å². The third-order valence-electron chi connectivity index (χ3n) is 5.19. The Labute approximate surface area is 157 Å². The van der Waals surface area contributed by atoms with E-state index in [0.717, 1.165) is 25.9 Å². The second-order valence-electron chi connectivity index (χ2n) is 7.09. The lowest BCUT2D eigenvalue weighted by atomic mass is 10.0. The van der Waals surface area contributed by atoms with Gasteiger partial charge in [-0.15, -0.1) is 0 Å². The number of ether oxygens (including phenoxy) is 1. The molecule has 27 heavy (non-hydrogen) atoms. The van der Waals surface area contributed by atoms with E-state index in [1.807, 2.05) is 0 Å². The summed E-state index contributed by atoms with van der Waals surface area (Å²) < 4.78 is 19.8. The molecule has 0 unspecified atom stereocenters. The second-order valence-corrected chi connectivity index (χ2v) is 7.09. The van der Waals surface area contributed by atoms with E-state index in [2.05, 4.69) is 4.90 Å². The third kappa shape index (κ3) is 3.60. The molecule has 0 saturated carbocycles. The number of benzene rings is 2. The van der Waals surface area contributed by atoms with E-state index in [4.69, 9.17) is 4.74 Å². The summed E-state index contributed by atoms with van der Waals surface area (Å²) in [6, 6.07) is 9.35. The maximum absolute atomic E-state index is 13.9. The molecule has 1 saturated heterocycles. The summed E-state index contributed by atoms with van der Waals surface area (Å²) in [6.45, 7) is 2.47. The Morgan fingerprint density at radius 2 is 1.81 bits per heavy atom. The van der Waals surface area contributed by atoms with E-state index < -0.39 is 5.82 Å². The Hall–Kier alpha value is -2.66. The predicted octanol–water partition coefficient (Wildman–Crippen LogP) is 4.52. The molecule has 0 aliphatic carbocycles. The van der Waals surface area contributed by atoms with Crippen molar-refractivity contribution >= 4 is 11.9 Å². The van der Waals surface area contributed by atoms with Crippen LogP contribution in [0.1, 0.15) is 47.2 Å². The molecule has 0 aromatic heterocycles. The van der Waals surface area contributed by atoms with Crippen molar-refractivity contribution in [1.29, 1.82) is 0 Å². The number of nitrogens with zero attached hydrogens (tertiary/aromatic N) is 1. The van der Waals surface area contributed by atoms with Crippen LogP contribution < -0.4 is 4.74 Å². The van der Waals surface area contributed by atoms with Gasteiger partial charge in [-0.3, -0.25) is 9.69 Å². The number of carbonyl (C=O) groups excluding carboxylic acids is 1. The van der Waals surface area contributed by atoms with Crippen LogP contribution in [0.25, 0.3) is 6.08 Å². The summed E-state index contributed by atoms with van der Waals surface area (Å²) in [5.74, 6) is -0.0991. The fourth-order valence-corrected chi connectivity index (χ4v) is 3.70. The number of carbonyl (C=O) groups is 1. The zero-order valence-electron chi connectivity index (χ0n) is 15.1. The summed E-state index contributed by atoms with van der Waals surface area (Å²) in [5.41, 5.74) is 1.34. The summed E-state index contributed by atoms with van der Waals surface area (Å²) in [6.07, 6.45) is 6.13. The first-order valence-corrected chi connectivity index (χ1v) is 9.39. The van der Waals surface area contributed by atoms with Gasteiger partial charge in [0.1, 0.15) is 17.3 Å². The topological polar surface area (TPSA) is 49.8 Å². The number of halogens is 1. The summed E-state index contributed by atoms with van der Waals surface area (Å²) in [5, 5.41) is 10.4. The van der Waals surface area contributed by atoms with Crippen LogP contribution in [-0.2, 0) is 6.54 Å². The normalized spacial score (nSPS) is 19.0. The summed E-state index contributed by atoms with van der Waals surface area (Å²) >= 11 is 0. The molecule has 1 fully saturated rings. The average Bonchev–Trinajstić information content (AvgIpc) is 2.84. The predicted molar refractivity (Wildman–Crippen MR) is 101 cm³/mol. The highest BCUT2D eigenvalue weighted by atomic mass is 19.1. The molecule has 0 spiro atoms. The zero-order chi connectivity index (χ0) is 18.8. The molecule has 2 aromatic carbocycles. The van der Waals surface area contributed by atoms with E-state index in [9.17, 15) is 14.3 Å². The number of ketones is 1. The van der Waals surface area contributed by atoms with Crippen molar-refractivity contribution in [3.8, 4) is 11.5 Å². The van der Waals surface area contributed by atoms with E-state index in [1.165, 1.54) is 25.0 Å². The number of aromatic hydroxyl groups is 1. The van der Waals surface area contributed by atoms with Gasteiger partial charge in [-0.05, 0) is 50.2 Å². The minimum Gasteiger partial charge on any atom is -0.507 e. The van der Waals surface area contributed by atoms with Crippen LogP contribution in [0.3, 0.4) is 0 Å². The summed E-state index contributed by atoms with van der Waals surface area (Å²) in [4.78, 5) is 15.0. The van der Waals surface area contributed by atoms with Crippen LogP contribution >= 0.6 is 0 Å².